The molecule has 0 saturated heterocycles. The molecule has 1 aromatic heterocycles. The van der Waals surface area contributed by atoms with E-state index in [0.717, 1.165) is 25.7 Å². The number of hydrogen-bond acceptors (Lipinski definition) is 5. The Morgan fingerprint density at radius 1 is 1.17 bits per heavy atom. The van der Waals surface area contributed by atoms with E-state index < -0.39 is 4.92 Å². The van der Waals surface area contributed by atoms with E-state index in [9.17, 15) is 14.9 Å². The van der Waals surface area contributed by atoms with Gasteiger partial charge in [0.1, 0.15) is 5.82 Å². The van der Waals surface area contributed by atoms with Crippen LogP contribution in [0.4, 0.5) is 5.69 Å². The Morgan fingerprint density at radius 2 is 1.93 bits per heavy atom. The summed E-state index contributed by atoms with van der Waals surface area (Å²) >= 11 is 6.16. The highest BCUT2D eigenvalue weighted by Crippen LogP contribution is 2.31. The highest BCUT2D eigenvalue weighted by Gasteiger charge is 2.22. The maximum atomic E-state index is 13.1. The van der Waals surface area contributed by atoms with Crippen LogP contribution in [-0.4, -0.2) is 20.8 Å². The maximum absolute atomic E-state index is 13.1. The quantitative estimate of drug-likeness (QED) is 0.348. The molecule has 7 nitrogen and oxygen atoms in total. The van der Waals surface area contributed by atoms with Gasteiger partial charge < -0.3 is 0 Å². The molecular formula is C21H19ClN4O3. The number of non-ortho nitro benzene ring substituents is 1. The molecule has 0 amide bonds. The van der Waals surface area contributed by atoms with Crippen molar-refractivity contribution in [2.24, 2.45) is 5.10 Å². The summed E-state index contributed by atoms with van der Waals surface area (Å²) in [6, 6.07) is 11.4. The van der Waals surface area contributed by atoms with Gasteiger partial charge in [0.25, 0.3) is 11.2 Å². The van der Waals surface area contributed by atoms with Crippen molar-refractivity contribution in [1.82, 2.24) is 9.66 Å². The number of halogens is 1. The average Bonchev–Trinajstić information content (AvgIpc) is 2.74. The lowest BCUT2D eigenvalue weighted by molar-refractivity contribution is -0.384. The van der Waals surface area contributed by atoms with Gasteiger partial charge in [0.15, 0.2) is 0 Å². The van der Waals surface area contributed by atoms with Crippen LogP contribution in [0.15, 0.2) is 52.4 Å². The second-order valence-corrected chi connectivity index (χ2v) is 7.55. The Bertz CT molecular complexity index is 1170. The zero-order valence-corrected chi connectivity index (χ0v) is 16.4. The molecular weight excluding hydrogens is 392 g/mol. The van der Waals surface area contributed by atoms with Gasteiger partial charge in [-0.05, 0) is 31.0 Å². The Balaban J connectivity index is 1.81. The number of benzene rings is 2. The van der Waals surface area contributed by atoms with Crippen LogP contribution in [-0.2, 0) is 0 Å². The smallest absolute Gasteiger partial charge is 0.267 e. The third kappa shape index (κ3) is 3.91. The summed E-state index contributed by atoms with van der Waals surface area (Å²) in [7, 11) is 0. The van der Waals surface area contributed by atoms with Crippen LogP contribution in [0.25, 0.3) is 10.9 Å². The van der Waals surface area contributed by atoms with E-state index in [2.05, 4.69) is 5.10 Å². The summed E-state index contributed by atoms with van der Waals surface area (Å²) in [5.74, 6) is 0.827. The summed E-state index contributed by atoms with van der Waals surface area (Å²) in [4.78, 5) is 28.3. The predicted molar refractivity (Wildman–Crippen MR) is 113 cm³/mol. The Morgan fingerprint density at radius 3 is 2.66 bits per heavy atom. The Labute approximate surface area is 171 Å². The molecule has 148 valence electrons. The summed E-state index contributed by atoms with van der Waals surface area (Å²) in [5.41, 5.74) is 0.829. The lowest BCUT2D eigenvalue weighted by Gasteiger charge is -2.22. The zero-order valence-electron chi connectivity index (χ0n) is 15.6. The van der Waals surface area contributed by atoms with Crippen molar-refractivity contribution in [2.45, 2.75) is 38.0 Å². The van der Waals surface area contributed by atoms with Crippen LogP contribution in [0, 0.1) is 10.1 Å². The highest BCUT2D eigenvalue weighted by molar-refractivity contribution is 6.33. The molecule has 1 heterocycles. The summed E-state index contributed by atoms with van der Waals surface area (Å²) < 4.78 is 1.36. The molecule has 8 heteroatoms. The number of nitro groups is 1. The third-order valence-electron chi connectivity index (χ3n) is 5.26. The van der Waals surface area contributed by atoms with E-state index in [1.54, 1.807) is 12.1 Å². The number of nitro benzene ring substituents is 1. The number of rotatable bonds is 4. The number of hydrogen-bond donors (Lipinski definition) is 0. The van der Waals surface area contributed by atoms with Crippen LogP contribution in [0.5, 0.6) is 0 Å². The first-order valence-corrected chi connectivity index (χ1v) is 9.92. The van der Waals surface area contributed by atoms with Crippen LogP contribution < -0.4 is 5.56 Å². The molecule has 2 aromatic carbocycles. The fourth-order valence-electron chi connectivity index (χ4n) is 3.73. The van der Waals surface area contributed by atoms with Gasteiger partial charge >= 0.3 is 0 Å². The zero-order chi connectivity index (χ0) is 20.4. The number of nitrogens with zero attached hydrogens (tertiary/aromatic N) is 4. The van der Waals surface area contributed by atoms with Crippen LogP contribution >= 0.6 is 11.6 Å². The summed E-state index contributed by atoms with van der Waals surface area (Å²) in [6.07, 6.45) is 6.79. The number of aromatic nitrogens is 2. The second-order valence-electron chi connectivity index (χ2n) is 7.15. The lowest BCUT2D eigenvalue weighted by Crippen LogP contribution is -2.25. The van der Waals surface area contributed by atoms with E-state index in [1.165, 1.54) is 35.5 Å². The Hall–Kier alpha value is -3.06. The van der Waals surface area contributed by atoms with Gasteiger partial charge in [-0.25, -0.2) is 4.98 Å². The summed E-state index contributed by atoms with van der Waals surface area (Å²) in [5, 5.41) is 16.0. The fraction of sp³-hybridized carbons (Fsp3) is 0.286. The first kappa shape index (κ1) is 19.3. The molecule has 1 aliphatic rings. The molecule has 1 fully saturated rings. The molecule has 0 bridgehead atoms. The fourth-order valence-corrected chi connectivity index (χ4v) is 3.96. The van der Waals surface area contributed by atoms with E-state index in [4.69, 9.17) is 16.6 Å². The van der Waals surface area contributed by atoms with E-state index in [0.29, 0.717) is 22.3 Å². The minimum absolute atomic E-state index is 0.0976. The van der Waals surface area contributed by atoms with Crippen molar-refractivity contribution in [3.8, 4) is 0 Å². The van der Waals surface area contributed by atoms with Crippen molar-refractivity contribution in [1.29, 1.82) is 0 Å². The van der Waals surface area contributed by atoms with E-state index >= 15 is 0 Å². The summed E-state index contributed by atoms with van der Waals surface area (Å²) in [6.45, 7) is 0. The van der Waals surface area contributed by atoms with Gasteiger partial charge in [-0.1, -0.05) is 43.0 Å². The number of fused-ring (bicyclic) bond motifs is 1. The molecule has 0 N–H and O–H groups in total. The lowest BCUT2D eigenvalue weighted by atomic mass is 9.88. The van der Waals surface area contributed by atoms with Crippen LogP contribution in [0.1, 0.15) is 49.4 Å². The molecule has 0 unspecified atom stereocenters. The normalized spacial score (nSPS) is 15.2. The van der Waals surface area contributed by atoms with E-state index in [-0.39, 0.29) is 22.2 Å². The second kappa shape index (κ2) is 8.13. The van der Waals surface area contributed by atoms with Gasteiger partial charge in [0.2, 0.25) is 0 Å². The molecule has 3 aromatic rings. The number of para-hydroxylation sites is 1. The van der Waals surface area contributed by atoms with E-state index in [1.807, 2.05) is 12.1 Å². The minimum Gasteiger partial charge on any atom is -0.267 e. The standard InChI is InChI=1S/C21H19ClN4O3/c22-18-12-16(26(28)29)11-10-15(18)13-23-25-20(14-6-2-1-3-7-14)24-19-9-5-4-8-17(19)21(25)27/h4-5,8-14H,1-3,6-7H2. The SMILES string of the molecule is O=c1c2ccccc2nc(C2CCCCC2)n1N=Cc1ccc([N+](=O)[O-])cc1Cl. The van der Waals surface area contributed by atoms with Gasteiger partial charge in [0, 0.05) is 23.6 Å². The molecule has 0 radical (unpaired) electrons. The largest absolute Gasteiger partial charge is 0.282 e. The molecule has 4 rings (SSSR count). The van der Waals surface area contributed by atoms with Crippen molar-refractivity contribution in [3.63, 3.8) is 0 Å². The molecule has 29 heavy (non-hydrogen) atoms. The van der Waals surface area contributed by atoms with Crippen LogP contribution in [0.2, 0.25) is 5.02 Å². The monoisotopic (exact) mass is 410 g/mol. The molecule has 1 aliphatic carbocycles. The van der Waals surface area contributed by atoms with Crippen molar-refractivity contribution >= 4 is 34.4 Å². The third-order valence-corrected chi connectivity index (χ3v) is 5.58. The minimum atomic E-state index is -0.508. The van der Waals surface area contributed by atoms with Gasteiger partial charge in [-0.15, -0.1) is 0 Å². The van der Waals surface area contributed by atoms with Crippen molar-refractivity contribution in [2.75, 3.05) is 0 Å². The molecule has 0 atom stereocenters. The topological polar surface area (TPSA) is 90.4 Å². The Kier molecular flexibility index (Phi) is 5.40. The molecule has 0 spiro atoms. The van der Waals surface area contributed by atoms with Crippen molar-refractivity contribution < 1.29 is 4.92 Å². The van der Waals surface area contributed by atoms with Gasteiger partial charge in [0.05, 0.1) is 27.1 Å². The first-order valence-electron chi connectivity index (χ1n) is 9.54. The molecule has 0 aliphatic heterocycles. The van der Waals surface area contributed by atoms with Crippen molar-refractivity contribution in [3.05, 3.63) is 79.3 Å². The van der Waals surface area contributed by atoms with Crippen LogP contribution in [0.3, 0.4) is 0 Å². The first-order chi connectivity index (χ1) is 14.0. The van der Waals surface area contributed by atoms with Gasteiger partial charge in [-0.3, -0.25) is 14.9 Å². The molecule has 1 saturated carbocycles. The predicted octanol–water partition coefficient (Wildman–Crippen LogP) is 4.89. The van der Waals surface area contributed by atoms with Gasteiger partial charge in [-0.2, -0.15) is 9.78 Å². The average molecular weight is 411 g/mol. The maximum Gasteiger partial charge on any atom is 0.282 e. The highest BCUT2D eigenvalue weighted by atomic mass is 35.5.